The van der Waals surface area contributed by atoms with Gasteiger partial charge in [-0.3, -0.25) is 0 Å². The molecule has 4 nitrogen and oxygen atoms in total. The van der Waals surface area contributed by atoms with E-state index in [1.165, 1.54) is 0 Å². The van der Waals surface area contributed by atoms with Crippen LogP contribution in [-0.2, 0) is 9.53 Å². The zero-order valence-electron chi connectivity index (χ0n) is 9.18. The normalized spacial score (nSPS) is 23.8. The van der Waals surface area contributed by atoms with Gasteiger partial charge < -0.3 is 9.84 Å². The molecular weight excluding hydrogens is 206 g/mol. The number of benzene rings is 1. The van der Waals surface area contributed by atoms with Crippen LogP contribution in [-0.4, -0.2) is 23.0 Å². The molecule has 0 aromatic heterocycles. The van der Waals surface area contributed by atoms with E-state index in [0.717, 1.165) is 11.1 Å². The molecule has 1 N–H and O–H groups in total. The molecule has 1 aromatic carbocycles. The third kappa shape index (κ3) is 1.91. The zero-order valence-corrected chi connectivity index (χ0v) is 9.18. The van der Waals surface area contributed by atoms with E-state index in [9.17, 15) is 4.79 Å². The van der Waals surface area contributed by atoms with E-state index < -0.39 is 18.1 Å². The first-order valence-electron chi connectivity index (χ1n) is 5.08. The summed E-state index contributed by atoms with van der Waals surface area (Å²) in [6.07, 6.45) is -0.502. The van der Waals surface area contributed by atoms with Crippen LogP contribution in [0.25, 0.3) is 0 Å². The second-order valence-electron chi connectivity index (χ2n) is 3.88. The van der Waals surface area contributed by atoms with Crippen molar-refractivity contribution in [1.29, 1.82) is 0 Å². The number of carbonyl (C=O) groups is 1. The number of aliphatic carboxylic acids is 1. The molecule has 1 aliphatic rings. The molecule has 1 aliphatic heterocycles. The highest BCUT2D eigenvalue weighted by molar-refractivity contribution is 5.84. The van der Waals surface area contributed by atoms with Gasteiger partial charge in [0.15, 0.2) is 18.0 Å². The number of carboxylic acids is 1. The highest BCUT2D eigenvalue weighted by Crippen LogP contribution is 2.29. The Bertz CT molecular complexity index is 436. The van der Waals surface area contributed by atoms with E-state index in [1.807, 2.05) is 31.2 Å². The van der Waals surface area contributed by atoms with Crippen LogP contribution in [0.1, 0.15) is 24.2 Å². The summed E-state index contributed by atoms with van der Waals surface area (Å²) < 4.78 is 5.43. The molecule has 0 bridgehead atoms. The largest absolute Gasteiger partial charge is 0.480 e. The lowest BCUT2D eigenvalue weighted by Gasteiger charge is -2.14. The summed E-state index contributed by atoms with van der Waals surface area (Å²) in [5.74, 6) is -0.527. The lowest BCUT2D eigenvalue weighted by molar-refractivity contribution is -0.140. The number of rotatable bonds is 2. The van der Waals surface area contributed by atoms with Crippen LogP contribution in [0.2, 0.25) is 0 Å². The summed E-state index contributed by atoms with van der Waals surface area (Å²) in [6.45, 7) is 3.65. The van der Waals surface area contributed by atoms with Crippen molar-refractivity contribution in [3.8, 4) is 0 Å². The number of carboxylic acid groups (broad SMARTS) is 1. The van der Waals surface area contributed by atoms with Crippen molar-refractivity contribution in [1.82, 2.24) is 0 Å². The summed E-state index contributed by atoms with van der Waals surface area (Å²) in [5, 5.41) is 9.03. The van der Waals surface area contributed by atoms with Crippen molar-refractivity contribution in [3.63, 3.8) is 0 Å². The Balaban J connectivity index is 2.28. The smallest absolute Gasteiger partial charge is 0.332 e. The quantitative estimate of drug-likeness (QED) is 0.826. The maximum Gasteiger partial charge on any atom is 0.332 e. The molecule has 84 valence electrons. The molecule has 2 unspecified atom stereocenters. The van der Waals surface area contributed by atoms with Crippen LogP contribution in [0.5, 0.6) is 0 Å². The lowest BCUT2D eigenvalue weighted by Crippen LogP contribution is -2.23. The van der Waals surface area contributed by atoms with Gasteiger partial charge in [0.05, 0.1) is 0 Å². The first-order valence-corrected chi connectivity index (χ1v) is 5.08. The molecule has 0 aliphatic carbocycles. The predicted octanol–water partition coefficient (Wildman–Crippen LogP) is 1.94. The molecule has 0 fully saturated rings. The topological polar surface area (TPSA) is 58.9 Å². The van der Waals surface area contributed by atoms with Crippen LogP contribution in [0.4, 0.5) is 0 Å². The van der Waals surface area contributed by atoms with Crippen molar-refractivity contribution in [3.05, 3.63) is 35.4 Å². The Morgan fingerprint density at radius 1 is 1.31 bits per heavy atom. The van der Waals surface area contributed by atoms with E-state index >= 15 is 0 Å². The Hall–Kier alpha value is -1.84. The first kappa shape index (κ1) is 10.7. The molecule has 0 radical (unpaired) electrons. The van der Waals surface area contributed by atoms with Gasteiger partial charge in [-0.25, -0.2) is 9.79 Å². The average molecular weight is 219 g/mol. The van der Waals surface area contributed by atoms with Gasteiger partial charge in [0.1, 0.15) is 0 Å². The highest BCUT2D eigenvalue weighted by Gasteiger charge is 2.36. The Morgan fingerprint density at radius 3 is 2.50 bits per heavy atom. The molecule has 1 heterocycles. The van der Waals surface area contributed by atoms with Crippen LogP contribution < -0.4 is 0 Å². The maximum atomic E-state index is 11.0. The molecule has 0 spiro atoms. The van der Waals surface area contributed by atoms with E-state index in [0.29, 0.717) is 5.90 Å². The second kappa shape index (κ2) is 3.96. The van der Waals surface area contributed by atoms with E-state index in [1.54, 1.807) is 6.92 Å². The Morgan fingerprint density at radius 2 is 1.94 bits per heavy atom. The summed E-state index contributed by atoms with van der Waals surface area (Å²) >= 11 is 0. The van der Waals surface area contributed by atoms with Crippen molar-refractivity contribution in [2.24, 2.45) is 4.99 Å². The van der Waals surface area contributed by atoms with E-state index in [4.69, 9.17) is 9.84 Å². The molecular formula is C12H13NO3. The van der Waals surface area contributed by atoms with Crippen LogP contribution in [0, 0.1) is 6.92 Å². The van der Waals surface area contributed by atoms with Gasteiger partial charge in [-0.05, 0) is 12.5 Å². The van der Waals surface area contributed by atoms with E-state index in [2.05, 4.69) is 4.99 Å². The summed E-state index contributed by atoms with van der Waals surface area (Å²) in [5.41, 5.74) is 1.98. The Kier molecular flexibility index (Phi) is 2.64. The monoisotopic (exact) mass is 219 g/mol. The SMILES string of the molecule is CC1=NC(C(=O)O)C(c2ccc(C)cc2)O1. The molecule has 1 aromatic rings. The molecule has 2 rings (SSSR count). The predicted molar refractivity (Wildman–Crippen MR) is 59.5 cm³/mol. The fourth-order valence-electron chi connectivity index (χ4n) is 1.73. The van der Waals surface area contributed by atoms with Crippen LogP contribution >= 0.6 is 0 Å². The van der Waals surface area contributed by atoms with Crippen molar-refractivity contribution < 1.29 is 14.6 Å². The minimum absolute atomic E-state index is 0.429. The van der Waals surface area contributed by atoms with Gasteiger partial charge in [-0.1, -0.05) is 29.8 Å². The van der Waals surface area contributed by atoms with Gasteiger partial charge in [0, 0.05) is 6.92 Å². The number of aryl methyl sites for hydroxylation is 1. The van der Waals surface area contributed by atoms with Gasteiger partial charge in [0.2, 0.25) is 0 Å². The Labute approximate surface area is 93.6 Å². The third-order valence-corrected chi connectivity index (χ3v) is 2.56. The number of hydrogen-bond acceptors (Lipinski definition) is 3. The van der Waals surface area contributed by atoms with Crippen LogP contribution in [0.15, 0.2) is 29.3 Å². The molecule has 0 amide bonds. The number of nitrogens with zero attached hydrogens (tertiary/aromatic N) is 1. The maximum absolute atomic E-state index is 11.0. The summed E-state index contributed by atoms with van der Waals surface area (Å²) in [7, 11) is 0. The third-order valence-electron chi connectivity index (χ3n) is 2.56. The van der Waals surface area contributed by atoms with Gasteiger partial charge in [-0.2, -0.15) is 0 Å². The van der Waals surface area contributed by atoms with E-state index in [-0.39, 0.29) is 0 Å². The number of hydrogen-bond donors (Lipinski definition) is 1. The molecule has 0 saturated heterocycles. The zero-order chi connectivity index (χ0) is 11.7. The fourth-order valence-corrected chi connectivity index (χ4v) is 1.73. The van der Waals surface area contributed by atoms with Crippen molar-refractivity contribution in [2.75, 3.05) is 0 Å². The van der Waals surface area contributed by atoms with Gasteiger partial charge in [-0.15, -0.1) is 0 Å². The molecule has 4 heteroatoms. The molecule has 0 saturated carbocycles. The summed E-state index contributed by atoms with van der Waals surface area (Å²) in [6, 6.07) is 6.80. The fraction of sp³-hybridized carbons (Fsp3) is 0.333. The van der Waals surface area contributed by atoms with Crippen LogP contribution in [0.3, 0.4) is 0 Å². The van der Waals surface area contributed by atoms with Crippen molar-refractivity contribution in [2.45, 2.75) is 26.0 Å². The minimum atomic E-state index is -0.956. The standard InChI is InChI=1S/C12H13NO3/c1-7-3-5-9(6-4-7)11-10(12(14)15)13-8(2)16-11/h3-6,10-11H,1-2H3,(H,14,15). The minimum Gasteiger partial charge on any atom is -0.480 e. The van der Waals surface area contributed by atoms with Crippen molar-refractivity contribution >= 4 is 11.9 Å². The summed E-state index contributed by atoms with van der Waals surface area (Å²) in [4.78, 5) is 15.0. The molecule has 2 atom stereocenters. The average Bonchev–Trinajstić information content (AvgIpc) is 2.61. The van der Waals surface area contributed by atoms with Gasteiger partial charge in [0.25, 0.3) is 0 Å². The van der Waals surface area contributed by atoms with Gasteiger partial charge >= 0.3 is 5.97 Å². The highest BCUT2D eigenvalue weighted by atomic mass is 16.5. The molecule has 16 heavy (non-hydrogen) atoms. The number of ether oxygens (including phenoxy) is 1. The second-order valence-corrected chi connectivity index (χ2v) is 3.88. The first-order chi connectivity index (χ1) is 7.58. The lowest BCUT2D eigenvalue weighted by atomic mass is 10.0. The number of aliphatic imine (C=N–C) groups is 1.